The van der Waals surface area contributed by atoms with Crippen molar-refractivity contribution in [1.82, 2.24) is 19.9 Å². The third kappa shape index (κ3) is 5.38. The largest absolute Gasteiger partial charge is 0.490 e. The van der Waals surface area contributed by atoms with Crippen LogP contribution in [0.15, 0.2) is 43.0 Å². The highest BCUT2D eigenvalue weighted by Gasteiger charge is 2.51. The Kier molecular flexibility index (Phi) is 6.44. The number of alkyl halides is 3. The molecular weight excluding hydrogens is 425 g/mol. The Morgan fingerprint density at radius 2 is 1.93 bits per heavy atom. The molecule has 1 spiro atoms. The molecule has 1 atom stereocenters. The first-order valence-electron chi connectivity index (χ1n) is 8.76. The summed E-state index contributed by atoms with van der Waals surface area (Å²) >= 11 is 1.89. The van der Waals surface area contributed by atoms with Crippen molar-refractivity contribution >= 4 is 23.6 Å². The summed E-state index contributed by atoms with van der Waals surface area (Å²) in [6, 6.07) is 5.67. The molecule has 1 amide bonds. The molecule has 2 aliphatic heterocycles. The number of aliphatic carboxylic acids is 1. The van der Waals surface area contributed by atoms with Crippen molar-refractivity contribution in [3.8, 4) is 5.88 Å². The summed E-state index contributed by atoms with van der Waals surface area (Å²) in [4.78, 5) is 35.3. The number of rotatable bonds is 3. The van der Waals surface area contributed by atoms with Gasteiger partial charge in [0.05, 0.1) is 10.9 Å². The number of likely N-dealkylation sites (tertiary alicyclic amines) is 1. The van der Waals surface area contributed by atoms with Crippen LogP contribution >= 0.6 is 11.8 Å². The summed E-state index contributed by atoms with van der Waals surface area (Å²) in [6.07, 6.45) is 2.38. The molecule has 2 aromatic heterocycles. The molecule has 2 aliphatic rings. The van der Waals surface area contributed by atoms with Gasteiger partial charge in [-0.05, 0) is 6.07 Å². The Hall–Kier alpha value is -2.89. The van der Waals surface area contributed by atoms with E-state index in [4.69, 9.17) is 14.6 Å². The molecule has 4 heterocycles. The molecule has 2 aromatic rings. The normalized spacial score (nSPS) is 19.4. The van der Waals surface area contributed by atoms with E-state index in [0.717, 1.165) is 25.3 Å². The number of thioether (sulfide) groups is 1. The maximum absolute atomic E-state index is 12.3. The van der Waals surface area contributed by atoms with Crippen LogP contribution in [0.5, 0.6) is 5.88 Å². The summed E-state index contributed by atoms with van der Waals surface area (Å²) in [7, 11) is 0. The Morgan fingerprint density at radius 3 is 2.50 bits per heavy atom. The summed E-state index contributed by atoms with van der Waals surface area (Å²) in [5.74, 6) is -1.20. The third-order valence-corrected chi connectivity index (χ3v) is 5.95. The molecule has 4 rings (SSSR count). The van der Waals surface area contributed by atoms with Crippen LogP contribution in [0.4, 0.5) is 13.2 Å². The minimum absolute atomic E-state index is 0.0431. The summed E-state index contributed by atoms with van der Waals surface area (Å²) < 4.78 is 37.8. The zero-order chi connectivity index (χ0) is 21.8. The number of hydrogen-bond acceptors (Lipinski definition) is 7. The lowest BCUT2D eigenvalue weighted by Crippen LogP contribution is -2.61. The van der Waals surface area contributed by atoms with E-state index in [1.54, 1.807) is 18.6 Å². The molecule has 160 valence electrons. The Balaban J connectivity index is 0.000000318. The molecule has 0 saturated carbocycles. The minimum Gasteiger partial charge on any atom is -0.475 e. The molecular formula is C18H17F3N4O4S. The predicted molar refractivity (Wildman–Crippen MR) is 100 cm³/mol. The van der Waals surface area contributed by atoms with E-state index in [1.807, 2.05) is 34.9 Å². The zero-order valence-corrected chi connectivity index (χ0v) is 16.3. The molecule has 0 aliphatic carbocycles. The standard InChI is InChI=1S/C16H16N4O2S.C2HF3O2/c21-15(13-8-17-5-6-18-13)20-10-16(11-20)7-12(9-23-16)22-14-3-1-2-4-19-14;3-2(4,5)1(6)7/h1-6,8,12H,7,9-11H2;(H,6,7). The molecule has 2 saturated heterocycles. The van der Waals surface area contributed by atoms with Crippen LogP contribution in [-0.2, 0) is 4.79 Å². The van der Waals surface area contributed by atoms with Gasteiger partial charge in [-0.2, -0.15) is 13.2 Å². The number of pyridine rings is 1. The highest BCUT2D eigenvalue weighted by molar-refractivity contribution is 8.01. The van der Waals surface area contributed by atoms with E-state index in [0.29, 0.717) is 11.6 Å². The van der Waals surface area contributed by atoms with Crippen molar-refractivity contribution in [2.24, 2.45) is 0 Å². The van der Waals surface area contributed by atoms with Crippen molar-refractivity contribution in [3.05, 3.63) is 48.7 Å². The lowest BCUT2D eigenvalue weighted by atomic mass is 9.92. The Morgan fingerprint density at radius 1 is 1.20 bits per heavy atom. The van der Waals surface area contributed by atoms with Crippen LogP contribution in [0.3, 0.4) is 0 Å². The molecule has 0 radical (unpaired) electrons. The minimum atomic E-state index is -5.08. The second-order valence-electron chi connectivity index (χ2n) is 6.66. The number of halogens is 3. The van der Waals surface area contributed by atoms with Crippen LogP contribution in [0.1, 0.15) is 16.9 Å². The van der Waals surface area contributed by atoms with Gasteiger partial charge in [-0.1, -0.05) is 6.07 Å². The van der Waals surface area contributed by atoms with Crippen LogP contribution in [0, 0.1) is 0 Å². The van der Waals surface area contributed by atoms with Gasteiger partial charge >= 0.3 is 12.1 Å². The fourth-order valence-corrected chi connectivity index (χ4v) is 4.57. The number of hydrogen-bond donors (Lipinski definition) is 1. The van der Waals surface area contributed by atoms with Gasteiger partial charge in [-0.15, -0.1) is 11.8 Å². The maximum Gasteiger partial charge on any atom is 0.490 e. The van der Waals surface area contributed by atoms with E-state index in [9.17, 15) is 18.0 Å². The number of ether oxygens (including phenoxy) is 1. The lowest BCUT2D eigenvalue weighted by Gasteiger charge is -2.47. The van der Waals surface area contributed by atoms with E-state index in [-0.39, 0.29) is 16.8 Å². The van der Waals surface area contributed by atoms with Crippen LogP contribution in [-0.4, -0.2) is 72.7 Å². The number of carbonyl (C=O) groups excluding carboxylic acids is 1. The average Bonchev–Trinajstić information content (AvgIpc) is 3.12. The van der Waals surface area contributed by atoms with Crippen molar-refractivity contribution < 1.29 is 32.6 Å². The number of carboxylic acid groups (broad SMARTS) is 1. The van der Waals surface area contributed by atoms with Crippen LogP contribution in [0.25, 0.3) is 0 Å². The fourth-order valence-electron chi connectivity index (χ4n) is 3.05. The number of aromatic nitrogens is 3. The molecule has 2 fully saturated rings. The second kappa shape index (κ2) is 8.86. The van der Waals surface area contributed by atoms with Gasteiger partial charge in [-0.3, -0.25) is 9.78 Å². The first-order valence-corrected chi connectivity index (χ1v) is 9.74. The molecule has 0 bridgehead atoms. The highest BCUT2D eigenvalue weighted by Crippen LogP contribution is 2.46. The SMILES string of the molecule is O=C(O)C(F)(F)F.O=C(c1cnccn1)N1CC2(CC(Oc3ccccn3)CS2)C1. The molecule has 0 aromatic carbocycles. The summed E-state index contributed by atoms with van der Waals surface area (Å²) in [5.41, 5.74) is 0.409. The van der Waals surface area contributed by atoms with Crippen molar-refractivity contribution in [1.29, 1.82) is 0 Å². The Labute approximate surface area is 173 Å². The molecule has 30 heavy (non-hydrogen) atoms. The average molecular weight is 442 g/mol. The molecule has 12 heteroatoms. The molecule has 1 unspecified atom stereocenters. The number of amides is 1. The van der Waals surface area contributed by atoms with E-state index >= 15 is 0 Å². The quantitative estimate of drug-likeness (QED) is 0.772. The maximum atomic E-state index is 12.3. The topological polar surface area (TPSA) is 106 Å². The smallest absolute Gasteiger partial charge is 0.475 e. The predicted octanol–water partition coefficient (Wildman–Crippen LogP) is 2.28. The van der Waals surface area contributed by atoms with Crippen molar-refractivity contribution in [2.45, 2.75) is 23.4 Å². The second-order valence-corrected chi connectivity index (χ2v) is 8.15. The fraction of sp³-hybridized carbons (Fsp3) is 0.389. The van der Waals surface area contributed by atoms with Gasteiger partial charge < -0.3 is 14.7 Å². The zero-order valence-electron chi connectivity index (χ0n) is 15.5. The number of carbonyl (C=O) groups is 2. The van der Waals surface area contributed by atoms with Gasteiger partial charge in [0.1, 0.15) is 11.8 Å². The van der Waals surface area contributed by atoms with Gasteiger partial charge in [0.25, 0.3) is 5.91 Å². The molecule has 1 N–H and O–H groups in total. The van der Waals surface area contributed by atoms with E-state index < -0.39 is 12.1 Å². The summed E-state index contributed by atoms with van der Waals surface area (Å²) in [6.45, 7) is 1.49. The number of carboxylic acids is 1. The first-order chi connectivity index (χ1) is 14.2. The van der Waals surface area contributed by atoms with Gasteiger partial charge in [0, 0.05) is 49.9 Å². The van der Waals surface area contributed by atoms with Crippen LogP contribution < -0.4 is 4.74 Å². The molecule has 8 nitrogen and oxygen atoms in total. The summed E-state index contributed by atoms with van der Waals surface area (Å²) in [5, 5.41) is 7.12. The first kappa shape index (κ1) is 21.8. The van der Waals surface area contributed by atoms with Gasteiger partial charge in [-0.25, -0.2) is 14.8 Å². The monoisotopic (exact) mass is 442 g/mol. The lowest BCUT2D eigenvalue weighted by molar-refractivity contribution is -0.192. The third-order valence-electron chi connectivity index (χ3n) is 4.37. The van der Waals surface area contributed by atoms with E-state index in [1.165, 1.54) is 6.20 Å². The Bertz CT molecular complexity index is 880. The highest BCUT2D eigenvalue weighted by atomic mass is 32.2. The van der Waals surface area contributed by atoms with E-state index in [2.05, 4.69) is 15.0 Å². The van der Waals surface area contributed by atoms with Gasteiger partial charge in [0.2, 0.25) is 5.88 Å². The number of nitrogens with zero attached hydrogens (tertiary/aromatic N) is 4. The van der Waals surface area contributed by atoms with Crippen LogP contribution in [0.2, 0.25) is 0 Å². The van der Waals surface area contributed by atoms with Crippen molar-refractivity contribution in [3.63, 3.8) is 0 Å². The van der Waals surface area contributed by atoms with Crippen molar-refractivity contribution in [2.75, 3.05) is 18.8 Å². The van der Waals surface area contributed by atoms with Gasteiger partial charge in [0.15, 0.2) is 0 Å².